The zero-order valence-corrected chi connectivity index (χ0v) is 51.4. The van der Waals surface area contributed by atoms with Gasteiger partial charge in [0.15, 0.2) is 5.96 Å². The first kappa shape index (κ1) is 70.7. The molecule has 89 heavy (non-hydrogen) atoms. The van der Waals surface area contributed by atoms with Gasteiger partial charge in [-0.05, 0) is 87.3 Å². The number of nitrogens with two attached hydrogens (primary N) is 3. The Hall–Kier alpha value is -9.11. The predicted molar refractivity (Wildman–Crippen MR) is 329 cm³/mol. The molecule has 16 N–H and O–H groups in total. The van der Waals surface area contributed by atoms with Crippen LogP contribution in [0.4, 0.5) is 0 Å². The highest BCUT2D eigenvalue weighted by molar-refractivity contribution is 6.00. The average Bonchev–Trinajstić information content (AvgIpc) is 4.40. The quantitative estimate of drug-likeness (QED) is 0.0409. The Morgan fingerprint density at radius 1 is 0.742 bits per heavy atom. The number of primary amides is 1. The third-order valence-electron chi connectivity index (χ3n) is 15.6. The summed E-state index contributed by atoms with van der Waals surface area (Å²) in [5.74, 6) is -9.08. The molecule has 2 aromatic carbocycles. The lowest BCUT2D eigenvalue weighted by Gasteiger charge is -2.31. The number of carbonyl (C=O) groups excluding carboxylic acids is 11. The molecule has 3 fully saturated rings. The largest absolute Gasteiger partial charge is 0.481 e. The van der Waals surface area contributed by atoms with E-state index in [1.54, 1.807) is 50.4 Å². The van der Waals surface area contributed by atoms with E-state index in [1.165, 1.54) is 16.7 Å². The van der Waals surface area contributed by atoms with Gasteiger partial charge in [0.2, 0.25) is 65.0 Å². The van der Waals surface area contributed by atoms with Gasteiger partial charge in [-0.1, -0.05) is 82.1 Å². The number of carbonyl (C=O) groups is 12. The van der Waals surface area contributed by atoms with Gasteiger partial charge in [0.25, 0.3) is 5.97 Å². The number of nitrogens with one attached hydrogen (secondary N) is 9. The number of unbranched alkanes of at least 4 members (excludes halogenated alkanes) is 1. The summed E-state index contributed by atoms with van der Waals surface area (Å²) >= 11 is 0. The lowest BCUT2D eigenvalue weighted by molar-refractivity contribution is -0.143. The van der Waals surface area contributed by atoms with Gasteiger partial charge in [0, 0.05) is 70.0 Å². The summed E-state index contributed by atoms with van der Waals surface area (Å²) in [5.41, 5.74) is 18.9. The number of carboxylic acid groups (broad SMARTS) is 1. The van der Waals surface area contributed by atoms with E-state index in [2.05, 4.69) is 52.5 Å². The van der Waals surface area contributed by atoms with E-state index in [9.17, 15) is 47.9 Å². The number of likely N-dealkylation sites (tertiary alicyclic amines) is 1. The van der Waals surface area contributed by atoms with Gasteiger partial charge in [-0.25, -0.2) is 0 Å². The topological polar surface area (TPSA) is 434 Å². The highest BCUT2D eigenvalue weighted by atomic mass is 16.4. The number of rotatable bonds is 19. The number of aromatic nitrogens is 1. The molecule has 0 radical (unpaired) electrons. The van der Waals surface area contributed by atoms with Gasteiger partial charge in [-0.3, -0.25) is 62.5 Å². The van der Waals surface area contributed by atoms with Crippen LogP contribution in [-0.2, 0) is 70.4 Å². The van der Waals surface area contributed by atoms with Crippen LogP contribution < -0.4 is 59.7 Å². The molecule has 9 atom stereocenters. The summed E-state index contributed by atoms with van der Waals surface area (Å²) < 4.78 is 0. The molecule has 11 amide bonds. The lowest BCUT2D eigenvalue weighted by atomic mass is 10.0. The molecule has 0 spiro atoms. The smallest absolute Gasteiger partial charge is 0.300 e. The fourth-order valence-corrected chi connectivity index (χ4v) is 11.1. The second-order valence-corrected chi connectivity index (χ2v) is 23.0. The van der Waals surface area contributed by atoms with Crippen LogP contribution in [0.5, 0.6) is 0 Å². The highest BCUT2D eigenvalue weighted by Crippen LogP contribution is 2.24. The molecular weight excluding hydrogens is 1150 g/mol. The van der Waals surface area contributed by atoms with Crippen LogP contribution in [0.25, 0.3) is 10.9 Å². The summed E-state index contributed by atoms with van der Waals surface area (Å²) in [7, 11) is 0. The van der Waals surface area contributed by atoms with Crippen molar-refractivity contribution in [2.75, 3.05) is 26.2 Å². The van der Waals surface area contributed by atoms with Crippen molar-refractivity contribution in [2.45, 2.75) is 185 Å². The number of aliphatic carboxylic acids is 1. The van der Waals surface area contributed by atoms with Gasteiger partial charge in [0.05, 0.1) is 6.42 Å². The summed E-state index contributed by atoms with van der Waals surface area (Å²) in [6.45, 7) is 7.93. The molecule has 6 rings (SSSR count). The Balaban J connectivity index is 0.00000349. The zero-order chi connectivity index (χ0) is 65.3. The first-order valence-electron chi connectivity index (χ1n) is 30.5. The number of benzene rings is 2. The van der Waals surface area contributed by atoms with Gasteiger partial charge < -0.3 is 79.6 Å². The van der Waals surface area contributed by atoms with Crippen LogP contribution >= 0.6 is 0 Å². The van der Waals surface area contributed by atoms with Crippen molar-refractivity contribution in [3.8, 4) is 0 Å². The number of para-hydroxylation sites is 1. The number of hydrogen-bond acceptors (Lipinski definition) is 13. The molecule has 0 saturated carbocycles. The van der Waals surface area contributed by atoms with Gasteiger partial charge in [-0.15, -0.1) is 0 Å². The first-order valence-corrected chi connectivity index (χ1v) is 30.5. The molecule has 3 saturated heterocycles. The summed E-state index contributed by atoms with van der Waals surface area (Å²) in [5, 5.41) is 30.4. The van der Waals surface area contributed by atoms with E-state index < -0.39 is 132 Å². The molecule has 486 valence electrons. The molecule has 3 aliphatic heterocycles. The number of fused-ring (bicyclic) bond motifs is 2. The molecule has 28 nitrogen and oxygen atoms in total. The number of H-pyrrole nitrogens is 1. The Kier molecular flexibility index (Phi) is 27.8. The van der Waals surface area contributed by atoms with E-state index in [-0.39, 0.29) is 102 Å². The fourth-order valence-electron chi connectivity index (χ4n) is 11.1. The SMILES string of the molecule is CC(=O)O.CCCC[C@H](NC(C)=O)C(=O)NC1CC(=O)NCCCC[C@@H](C(=O)N2CCC[C@H]2C(=O)N[C@H](C(N)=O)C(C)C)NC(=O)[C@H](Cc2c[nH]c3ccccc23)NC(=O)C(CCCN=C(N)N)NC(=O)[C@@H](Cc2ccccc2)NC(=O)[C@@H]2CCCN2C1=O. The van der Waals surface area contributed by atoms with Crippen LogP contribution in [-0.4, -0.2) is 177 Å². The van der Waals surface area contributed by atoms with Crippen molar-refractivity contribution in [2.24, 2.45) is 28.1 Å². The van der Waals surface area contributed by atoms with E-state index >= 15 is 4.79 Å². The number of aliphatic imine (C=N–C) groups is 1. The van der Waals surface area contributed by atoms with E-state index in [0.717, 1.165) is 17.8 Å². The van der Waals surface area contributed by atoms with Gasteiger partial charge in [-0.2, -0.15) is 0 Å². The van der Waals surface area contributed by atoms with Crippen molar-refractivity contribution >= 4 is 87.8 Å². The van der Waals surface area contributed by atoms with Crippen molar-refractivity contribution in [1.82, 2.24) is 57.3 Å². The Morgan fingerprint density at radius 3 is 2.06 bits per heavy atom. The minimum Gasteiger partial charge on any atom is -0.481 e. The third-order valence-corrected chi connectivity index (χ3v) is 15.6. The first-order chi connectivity index (χ1) is 42.4. The van der Waals surface area contributed by atoms with E-state index in [1.807, 2.05) is 31.2 Å². The second-order valence-electron chi connectivity index (χ2n) is 23.0. The zero-order valence-electron chi connectivity index (χ0n) is 51.4. The molecule has 3 aliphatic rings. The highest BCUT2D eigenvalue weighted by Gasteiger charge is 2.43. The number of nitrogens with zero attached hydrogens (tertiary/aromatic N) is 3. The molecule has 28 heteroatoms. The third kappa shape index (κ3) is 21.9. The number of amides is 11. The second kappa shape index (κ2) is 35.0. The summed E-state index contributed by atoms with van der Waals surface area (Å²) in [6.07, 6.45) is 4.08. The number of carboxylic acids is 1. The summed E-state index contributed by atoms with van der Waals surface area (Å²) in [6, 6.07) is 4.86. The molecular formula is C61H89N15O13. The lowest BCUT2D eigenvalue weighted by Crippen LogP contribution is -2.61. The van der Waals surface area contributed by atoms with Crippen LogP contribution in [0.2, 0.25) is 0 Å². The van der Waals surface area contributed by atoms with Crippen molar-refractivity contribution in [1.29, 1.82) is 0 Å². The van der Waals surface area contributed by atoms with Crippen molar-refractivity contribution < 1.29 is 62.6 Å². The van der Waals surface area contributed by atoms with Crippen LogP contribution in [0.15, 0.2) is 65.8 Å². The molecule has 0 bridgehead atoms. The fraction of sp³-hybridized carbons (Fsp3) is 0.557. The van der Waals surface area contributed by atoms with E-state index in [4.69, 9.17) is 27.1 Å². The molecule has 3 aromatic rings. The number of hydrogen-bond donors (Lipinski definition) is 13. The minimum absolute atomic E-state index is 0.00835. The van der Waals surface area contributed by atoms with Crippen LogP contribution in [0.3, 0.4) is 0 Å². The van der Waals surface area contributed by atoms with Crippen molar-refractivity contribution in [3.63, 3.8) is 0 Å². The van der Waals surface area contributed by atoms with Crippen LogP contribution in [0, 0.1) is 5.92 Å². The van der Waals surface area contributed by atoms with Gasteiger partial charge >= 0.3 is 0 Å². The molecule has 0 aliphatic carbocycles. The van der Waals surface area contributed by atoms with Crippen molar-refractivity contribution in [3.05, 3.63) is 71.9 Å². The Morgan fingerprint density at radius 2 is 1.38 bits per heavy atom. The van der Waals surface area contributed by atoms with Crippen LogP contribution in [0.1, 0.15) is 129 Å². The maximum Gasteiger partial charge on any atom is 0.300 e. The minimum atomic E-state index is -1.51. The molecule has 2 unspecified atom stereocenters. The Labute approximate surface area is 517 Å². The Bertz CT molecular complexity index is 3000. The summed E-state index contributed by atoms with van der Waals surface area (Å²) in [4.78, 5) is 175. The number of aromatic amines is 1. The number of guanidine groups is 1. The molecule has 4 heterocycles. The van der Waals surface area contributed by atoms with Gasteiger partial charge in [0.1, 0.15) is 54.4 Å². The maximum absolute atomic E-state index is 15.1. The monoisotopic (exact) mass is 1240 g/mol. The van der Waals surface area contributed by atoms with E-state index in [0.29, 0.717) is 36.8 Å². The maximum atomic E-state index is 15.1. The standard InChI is InChI=1S/C59H85N15O11.C2H4O2/c1-5-6-20-40(66-35(4)75)51(78)71-45-32-48(76)63-26-13-12-22-42(57(84)73-28-16-25-47(73)56(83)72-49(34(2)3)50(60)77)68-54(81)44(31-37-33-65-39-21-11-10-19-38(37)39)69-52(79)41(23-14-27-64-59(61)62)67-53(80)43(30-36-17-8-7-9-18-36)70-55(82)46-24-15-29-74(46)58(45)85;1-2(3)4/h7-11,17-19,21,33-34,40-47,49,65H,5-6,12-16,20,22-32H2,1-4H3,(H2,60,77)(H,63,76)(H,66,75)(H,67,80)(H,68,81)(H,69,79)(H,70,82)(H,71,78)(H,72,83)(H4,61,62,64);1H3,(H,3,4)/t40-,41?,42-,43+,44-,45?,46-,47-,49-;/m0./s1. The molecule has 1 aromatic heterocycles. The average molecular weight is 1240 g/mol. The predicted octanol–water partition coefficient (Wildman–Crippen LogP) is -0.485. The normalized spacial score (nSPS) is 22.3.